The molecule has 1 unspecified atom stereocenters. The normalized spacial score (nSPS) is 14.4. The molecular formula is C26H28BrF7N4O5Si. The number of carbonyl (C=O) groups is 1. The van der Waals surface area contributed by atoms with Crippen LogP contribution in [0.2, 0.25) is 18.1 Å². The minimum atomic E-state index is -5.64. The molecule has 0 aliphatic carbocycles. The first kappa shape index (κ1) is 35.4. The van der Waals surface area contributed by atoms with E-state index in [2.05, 4.69) is 31.1 Å². The minimum Gasteiger partial charge on any atom is -0.465 e. The smallest absolute Gasteiger partial charge is 0.430 e. The molecule has 1 aromatic carbocycles. The lowest BCUT2D eigenvalue weighted by Gasteiger charge is -2.36. The van der Waals surface area contributed by atoms with Crippen molar-refractivity contribution in [1.82, 2.24) is 15.2 Å². The maximum atomic E-state index is 14.9. The van der Waals surface area contributed by atoms with Gasteiger partial charge in [0.15, 0.2) is 14.0 Å². The van der Waals surface area contributed by atoms with Crippen molar-refractivity contribution < 1.29 is 54.6 Å². The highest BCUT2D eigenvalue weighted by atomic mass is 79.9. The fraction of sp³-hybridized carbons (Fsp3) is 0.462. The van der Waals surface area contributed by atoms with Crippen LogP contribution in [0.4, 0.5) is 41.2 Å². The van der Waals surface area contributed by atoms with Gasteiger partial charge in [-0.05, 0) is 70.7 Å². The van der Waals surface area contributed by atoms with Gasteiger partial charge in [-0.2, -0.15) is 26.3 Å². The largest absolute Gasteiger partial charge is 0.465 e. The predicted octanol–water partition coefficient (Wildman–Crippen LogP) is 7.89. The molecule has 0 fully saturated rings. The molecule has 3 N–H and O–H groups in total. The first-order valence-corrected chi connectivity index (χ1v) is 16.5. The van der Waals surface area contributed by atoms with Crippen molar-refractivity contribution in [2.24, 2.45) is 0 Å². The maximum absolute atomic E-state index is 14.9. The molecule has 1 atom stereocenters. The van der Waals surface area contributed by atoms with Crippen LogP contribution in [-0.4, -0.2) is 52.6 Å². The number of aryl methyl sites for hydroxylation is 1. The van der Waals surface area contributed by atoms with Gasteiger partial charge in [0.25, 0.3) is 17.4 Å². The number of halogens is 8. The minimum absolute atomic E-state index is 0.0708. The Morgan fingerprint density at radius 3 is 2.25 bits per heavy atom. The Morgan fingerprint density at radius 1 is 1.07 bits per heavy atom. The second-order valence-electron chi connectivity index (χ2n) is 11.3. The topological polar surface area (TPSA) is 131 Å². The number of alkyl halides is 6. The number of hydrogen-bond donors (Lipinski definition) is 3. The number of pyridine rings is 1. The van der Waals surface area contributed by atoms with Gasteiger partial charge in [0.2, 0.25) is 0 Å². The summed E-state index contributed by atoms with van der Waals surface area (Å²) in [4.78, 5) is 14.7. The van der Waals surface area contributed by atoms with E-state index in [-0.39, 0.29) is 17.0 Å². The van der Waals surface area contributed by atoms with E-state index < -0.39 is 77.1 Å². The molecule has 44 heavy (non-hydrogen) atoms. The number of nitrogens with one attached hydrogen (secondary N) is 1. The maximum Gasteiger partial charge on any atom is 0.430 e. The Morgan fingerprint density at radius 2 is 1.70 bits per heavy atom. The highest BCUT2D eigenvalue weighted by Gasteiger charge is 2.61. The van der Waals surface area contributed by atoms with E-state index in [1.807, 2.05) is 33.9 Å². The van der Waals surface area contributed by atoms with E-state index in [1.54, 1.807) is 5.32 Å². The van der Waals surface area contributed by atoms with Crippen LogP contribution in [0.15, 0.2) is 33.3 Å². The SMILES string of the molecule is CC(C)(C)[Si](C)(C)OCCCc1ccc(F)c(C(O)(c2nnc(-c3nc(Br)c(C(F)(F)F)cc3NC(=O)O)o2)C(F)(F)F)c1. The van der Waals surface area contributed by atoms with E-state index in [0.29, 0.717) is 19.1 Å². The Hall–Kier alpha value is -3.09. The number of aliphatic hydroxyl groups is 1. The standard InChI is InChI=1S/C26H28BrF7N4O5Si/c1-23(2,3)44(4,5)42-10-6-7-13-8-9-16(28)14(11-13)24(41,26(32,33)34)21-38-37-20(43-21)18-17(35-22(39)40)12-15(19(27)36-18)25(29,30)31/h8-9,11-12,35,41H,6-7,10H2,1-5H3,(H,39,40). The number of hydrogen-bond acceptors (Lipinski definition) is 7. The van der Waals surface area contributed by atoms with Crippen LogP contribution in [0.3, 0.4) is 0 Å². The second-order valence-corrected chi connectivity index (χ2v) is 16.9. The van der Waals surface area contributed by atoms with Gasteiger partial charge in [0.05, 0.1) is 11.3 Å². The van der Waals surface area contributed by atoms with E-state index in [1.165, 1.54) is 6.07 Å². The number of nitrogens with zero attached hydrogens (tertiary/aromatic N) is 3. The zero-order chi connectivity index (χ0) is 33.5. The quantitative estimate of drug-likeness (QED) is 0.0882. The summed E-state index contributed by atoms with van der Waals surface area (Å²) < 4.78 is 109. The van der Waals surface area contributed by atoms with Crippen LogP contribution in [0.25, 0.3) is 11.6 Å². The fourth-order valence-electron chi connectivity index (χ4n) is 3.74. The summed E-state index contributed by atoms with van der Waals surface area (Å²) in [6, 6.07) is 3.08. The van der Waals surface area contributed by atoms with Crippen molar-refractivity contribution >= 4 is 36.0 Å². The van der Waals surface area contributed by atoms with Crippen LogP contribution in [0.5, 0.6) is 0 Å². The van der Waals surface area contributed by atoms with Crippen molar-refractivity contribution in [1.29, 1.82) is 0 Å². The molecule has 0 spiro atoms. The lowest BCUT2D eigenvalue weighted by Crippen LogP contribution is -2.44. The predicted molar refractivity (Wildman–Crippen MR) is 149 cm³/mol. The third-order valence-corrected chi connectivity index (χ3v) is 12.3. The van der Waals surface area contributed by atoms with Crippen LogP contribution >= 0.6 is 15.9 Å². The molecule has 9 nitrogen and oxygen atoms in total. The first-order chi connectivity index (χ1) is 20.0. The number of carboxylic acid groups (broad SMARTS) is 1. The van der Waals surface area contributed by atoms with E-state index in [9.17, 15) is 40.6 Å². The number of amides is 1. The number of anilines is 1. The fourth-order valence-corrected chi connectivity index (χ4v) is 5.35. The Bertz CT molecular complexity index is 1530. The Labute approximate surface area is 256 Å². The van der Waals surface area contributed by atoms with Gasteiger partial charge >= 0.3 is 18.4 Å². The molecule has 0 aliphatic heterocycles. The average molecular weight is 718 g/mol. The van der Waals surface area contributed by atoms with Crippen molar-refractivity contribution in [2.45, 2.75) is 69.7 Å². The third-order valence-electron chi connectivity index (χ3n) is 7.17. The molecule has 2 aromatic heterocycles. The molecule has 1 amide bonds. The van der Waals surface area contributed by atoms with Crippen molar-refractivity contribution in [2.75, 3.05) is 11.9 Å². The zero-order valence-electron chi connectivity index (χ0n) is 23.9. The molecule has 0 saturated carbocycles. The molecule has 2 heterocycles. The highest BCUT2D eigenvalue weighted by molar-refractivity contribution is 9.10. The van der Waals surface area contributed by atoms with E-state index >= 15 is 0 Å². The number of benzene rings is 1. The summed E-state index contributed by atoms with van der Waals surface area (Å²) in [6.07, 6.45) is -11.9. The molecule has 3 aromatic rings. The highest BCUT2D eigenvalue weighted by Crippen LogP contribution is 2.46. The first-order valence-electron chi connectivity index (χ1n) is 12.8. The van der Waals surface area contributed by atoms with Gasteiger partial charge in [0.1, 0.15) is 10.4 Å². The average Bonchev–Trinajstić information content (AvgIpc) is 3.36. The number of aromatic nitrogens is 3. The molecule has 0 bridgehead atoms. The second kappa shape index (κ2) is 12.4. The van der Waals surface area contributed by atoms with Gasteiger partial charge in [-0.15, -0.1) is 10.2 Å². The Kier molecular flexibility index (Phi) is 9.94. The summed E-state index contributed by atoms with van der Waals surface area (Å²) in [7, 11) is -2.09. The van der Waals surface area contributed by atoms with Crippen LogP contribution in [0, 0.1) is 5.82 Å². The van der Waals surface area contributed by atoms with Gasteiger partial charge in [-0.1, -0.05) is 26.8 Å². The van der Waals surface area contributed by atoms with Crippen molar-refractivity contribution in [3.8, 4) is 11.6 Å². The van der Waals surface area contributed by atoms with Gasteiger partial charge in [-0.25, -0.2) is 14.2 Å². The van der Waals surface area contributed by atoms with Crippen LogP contribution in [0.1, 0.15) is 49.8 Å². The monoisotopic (exact) mass is 716 g/mol. The summed E-state index contributed by atoms with van der Waals surface area (Å²) in [6.45, 7) is 10.5. The summed E-state index contributed by atoms with van der Waals surface area (Å²) in [5.74, 6) is -4.05. The van der Waals surface area contributed by atoms with Gasteiger partial charge in [0, 0.05) is 12.2 Å². The molecule has 18 heteroatoms. The van der Waals surface area contributed by atoms with Crippen molar-refractivity contribution in [3.63, 3.8) is 0 Å². The zero-order valence-corrected chi connectivity index (χ0v) is 26.5. The van der Waals surface area contributed by atoms with Gasteiger partial charge in [-0.3, -0.25) is 5.32 Å². The van der Waals surface area contributed by atoms with E-state index in [4.69, 9.17) is 13.9 Å². The molecule has 3 rings (SSSR count). The summed E-state index contributed by atoms with van der Waals surface area (Å²) >= 11 is 2.58. The van der Waals surface area contributed by atoms with Crippen LogP contribution in [-0.2, 0) is 22.6 Å². The lowest BCUT2D eigenvalue weighted by molar-refractivity contribution is -0.256. The van der Waals surface area contributed by atoms with E-state index in [0.717, 1.165) is 12.1 Å². The molecule has 242 valence electrons. The lowest BCUT2D eigenvalue weighted by atomic mass is 9.90. The van der Waals surface area contributed by atoms with Crippen molar-refractivity contribution in [3.05, 3.63) is 57.3 Å². The third kappa shape index (κ3) is 7.40. The van der Waals surface area contributed by atoms with Gasteiger partial charge < -0.3 is 19.1 Å². The molecular weight excluding hydrogens is 689 g/mol. The summed E-state index contributed by atoms with van der Waals surface area (Å²) in [5, 5.41) is 28.1. The number of rotatable bonds is 9. The van der Waals surface area contributed by atoms with Crippen LogP contribution < -0.4 is 5.32 Å². The Balaban J connectivity index is 2.03. The summed E-state index contributed by atoms with van der Waals surface area (Å²) in [5.41, 5.74) is -8.35. The molecule has 0 saturated heterocycles. The molecule has 0 radical (unpaired) electrons. The molecule has 0 aliphatic rings.